The van der Waals surface area contributed by atoms with E-state index in [0.29, 0.717) is 0 Å². The van der Waals surface area contributed by atoms with Gasteiger partial charge in [-0.3, -0.25) is 0 Å². The van der Waals surface area contributed by atoms with E-state index < -0.39 is 24.8 Å². The lowest BCUT2D eigenvalue weighted by Crippen LogP contribution is -2.41. The van der Waals surface area contributed by atoms with Crippen LogP contribution in [0.4, 0.5) is 0 Å². The third kappa shape index (κ3) is 2.95. The lowest BCUT2D eigenvalue weighted by Gasteiger charge is -2.33. The summed E-state index contributed by atoms with van der Waals surface area (Å²) in [6.45, 7) is 5.61. The van der Waals surface area contributed by atoms with Crippen LogP contribution in [0.25, 0.3) is 0 Å². The van der Waals surface area contributed by atoms with Crippen molar-refractivity contribution < 1.29 is 16.8 Å². The Morgan fingerprint density at radius 1 is 0.929 bits per heavy atom. The van der Waals surface area contributed by atoms with E-state index in [1.54, 1.807) is 0 Å². The minimum atomic E-state index is -3.41. The van der Waals surface area contributed by atoms with Crippen LogP contribution in [-0.4, -0.2) is 33.4 Å². The molecule has 0 N–H and O–H groups in total. The van der Waals surface area contributed by atoms with Gasteiger partial charge in [-0.1, -0.05) is 20.8 Å². The molecule has 1 fully saturated rings. The first-order valence-electron chi connectivity index (χ1n) is 4.43. The van der Waals surface area contributed by atoms with E-state index in [2.05, 4.69) is 0 Å². The van der Waals surface area contributed by atoms with Gasteiger partial charge in [0.25, 0.3) is 0 Å². The van der Waals surface area contributed by atoms with Crippen LogP contribution < -0.4 is 0 Å². The summed E-state index contributed by atoms with van der Waals surface area (Å²) in [5.74, 6) is -0.294. The molecule has 0 spiro atoms. The van der Waals surface area contributed by atoms with Gasteiger partial charge in [-0.25, -0.2) is 16.8 Å². The van der Waals surface area contributed by atoms with Crippen molar-refractivity contribution in [3.05, 3.63) is 0 Å². The Morgan fingerprint density at radius 2 is 1.29 bits per heavy atom. The summed E-state index contributed by atoms with van der Waals surface area (Å²) in [5, 5.41) is -0.674. The van der Waals surface area contributed by atoms with E-state index in [9.17, 15) is 16.8 Å². The summed E-state index contributed by atoms with van der Waals surface area (Å²) >= 11 is 0. The van der Waals surface area contributed by atoms with Crippen LogP contribution in [0.3, 0.4) is 0 Å². The molecule has 4 nitrogen and oxygen atoms in total. The zero-order chi connectivity index (χ0) is 11.2. The Hall–Kier alpha value is -0.100. The summed E-state index contributed by atoms with van der Waals surface area (Å²) in [7, 11) is -6.82. The van der Waals surface area contributed by atoms with Crippen LogP contribution >= 0.6 is 0 Å². The van der Waals surface area contributed by atoms with Gasteiger partial charge in [0.05, 0.1) is 11.5 Å². The summed E-state index contributed by atoms with van der Waals surface area (Å²) < 4.78 is 45.4. The number of rotatable bonds is 0. The Kier molecular flexibility index (Phi) is 2.73. The Bertz CT molecular complexity index is 377. The highest BCUT2D eigenvalue weighted by molar-refractivity contribution is 8.08. The van der Waals surface area contributed by atoms with Gasteiger partial charge >= 0.3 is 0 Å². The van der Waals surface area contributed by atoms with Crippen LogP contribution in [0.2, 0.25) is 0 Å². The lowest BCUT2D eigenvalue weighted by atomic mass is 9.83. The van der Waals surface area contributed by atoms with Gasteiger partial charge in [0.15, 0.2) is 24.8 Å². The molecule has 0 bridgehead atoms. The smallest absolute Gasteiger partial charge is 0.164 e. The first-order chi connectivity index (χ1) is 6.02. The molecule has 0 aromatic rings. The van der Waals surface area contributed by atoms with Crippen LogP contribution in [0, 0.1) is 11.3 Å². The molecule has 0 unspecified atom stereocenters. The number of hydrogen-bond donors (Lipinski definition) is 0. The summed E-state index contributed by atoms with van der Waals surface area (Å²) in [5.41, 5.74) is -0.277. The maximum Gasteiger partial charge on any atom is 0.164 e. The molecule has 1 aliphatic rings. The largest absolute Gasteiger partial charge is 0.228 e. The minimum Gasteiger partial charge on any atom is -0.228 e. The molecule has 0 atom stereocenters. The summed E-state index contributed by atoms with van der Waals surface area (Å²) in [6.07, 6.45) is 0. The fourth-order valence-electron chi connectivity index (χ4n) is 1.53. The maximum atomic E-state index is 11.3. The standard InChI is InChI=1S/C8H16O4S2/c1-8(2,3)7-4-13(9,10)6-14(11,12)5-7/h7H,4-6H2,1-3H3. The Morgan fingerprint density at radius 3 is 1.57 bits per heavy atom. The van der Waals surface area contributed by atoms with E-state index in [4.69, 9.17) is 0 Å². The molecule has 0 amide bonds. The maximum absolute atomic E-state index is 11.3. The minimum absolute atomic E-state index is 0.00424. The van der Waals surface area contributed by atoms with Gasteiger partial charge in [0.1, 0.15) is 0 Å². The Balaban J connectivity index is 3.06. The Labute approximate surface area is 85.5 Å². The fraction of sp³-hybridized carbons (Fsp3) is 1.00. The molecule has 6 heteroatoms. The first-order valence-corrected chi connectivity index (χ1v) is 8.07. The van der Waals surface area contributed by atoms with E-state index >= 15 is 0 Å². The molecule has 1 aliphatic heterocycles. The van der Waals surface area contributed by atoms with Crippen LogP contribution in [0.1, 0.15) is 20.8 Å². The van der Waals surface area contributed by atoms with Crippen molar-refractivity contribution >= 4 is 19.7 Å². The van der Waals surface area contributed by atoms with Crippen molar-refractivity contribution in [2.75, 3.05) is 16.6 Å². The van der Waals surface area contributed by atoms with Gasteiger partial charge in [-0.15, -0.1) is 0 Å². The molecule has 0 aliphatic carbocycles. The van der Waals surface area contributed by atoms with Crippen LogP contribution in [0.15, 0.2) is 0 Å². The van der Waals surface area contributed by atoms with Gasteiger partial charge in [0.2, 0.25) is 0 Å². The first kappa shape index (κ1) is 12.0. The zero-order valence-electron chi connectivity index (χ0n) is 8.65. The highest BCUT2D eigenvalue weighted by Gasteiger charge is 2.40. The highest BCUT2D eigenvalue weighted by atomic mass is 32.3. The molecular formula is C8H16O4S2. The molecule has 14 heavy (non-hydrogen) atoms. The summed E-state index contributed by atoms with van der Waals surface area (Å²) in [6, 6.07) is 0. The lowest BCUT2D eigenvalue weighted by molar-refractivity contribution is 0.285. The second-order valence-corrected chi connectivity index (χ2v) is 9.59. The summed E-state index contributed by atoms with van der Waals surface area (Å²) in [4.78, 5) is 0. The molecule has 1 rings (SSSR count). The van der Waals surface area contributed by atoms with Crippen molar-refractivity contribution in [2.45, 2.75) is 20.8 Å². The van der Waals surface area contributed by atoms with Crippen LogP contribution in [0.5, 0.6) is 0 Å². The van der Waals surface area contributed by atoms with Gasteiger partial charge in [0, 0.05) is 0 Å². The average Bonchev–Trinajstić information content (AvgIpc) is 1.76. The van der Waals surface area contributed by atoms with E-state index in [0.717, 1.165) is 0 Å². The molecule has 0 aromatic carbocycles. The van der Waals surface area contributed by atoms with E-state index in [1.807, 2.05) is 20.8 Å². The molecule has 0 aromatic heterocycles. The molecule has 1 saturated heterocycles. The predicted molar refractivity (Wildman–Crippen MR) is 55.4 cm³/mol. The normalized spacial score (nSPS) is 27.4. The van der Waals surface area contributed by atoms with Crippen molar-refractivity contribution in [1.82, 2.24) is 0 Å². The van der Waals surface area contributed by atoms with Crippen molar-refractivity contribution in [3.63, 3.8) is 0 Å². The van der Waals surface area contributed by atoms with E-state index in [-0.39, 0.29) is 22.8 Å². The third-order valence-electron chi connectivity index (χ3n) is 2.49. The molecule has 1 heterocycles. The van der Waals surface area contributed by atoms with Crippen molar-refractivity contribution in [3.8, 4) is 0 Å². The second-order valence-electron chi connectivity index (χ2n) is 5.00. The zero-order valence-corrected chi connectivity index (χ0v) is 10.3. The average molecular weight is 240 g/mol. The molecular weight excluding hydrogens is 224 g/mol. The fourth-order valence-corrected chi connectivity index (χ4v) is 7.10. The van der Waals surface area contributed by atoms with Gasteiger partial charge in [-0.05, 0) is 11.3 Å². The van der Waals surface area contributed by atoms with E-state index in [1.165, 1.54) is 0 Å². The molecule has 84 valence electrons. The SMILES string of the molecule is CC(C)(C)C1CS(=O)(=O)CS(=O)(=O)C1. The quantitative estimate of drug-likeness (QED) is 0.616. The topological polar surface area (TPSA) is 68.3 Å². The number of hydrogen-bond acceptors (Lipinski definition) is 4. The predicted octanol–water partition coefficient (Wildman–Crippen LogP) is 0.449. The molecule has 0 saturated carbocycles. The van der Waals surface area contributed by atoms with Crippen molar-refractivity contribution in [2.24, 2.45) is 11.3 Å². The number of sulfone groups is 2. The highest BCUT2D eigenvalue weighted by Crippen LogP contribution is 2.32. The monoisotopic (exact) mass is 240 g/mol. The van der Waals surface area contributed by atoms with Crippen LogP contribution in [-0.2, 0) is 19.7 Å². The van der Waals surface area contributed by atoms with Gasteiger partial charge < -0.3 is 0 Å². The van der Waals surface area contributed by atoms with Gasteiger partial charge in [-0.2, -0.15) is 0 Å². The third-order valence-corrected chi connectivity index (χ3v) is 7.19. The van der Waals surface area contributed by atoms with Crippen molar-refractivity contribution in [1.29, 1.82) is 0 Å². The molecule has 0 radical (unpaired) electrons. The second kappa shape index (κ2) is 3.20.